The number of hydrogen-bond acceptors (Lipinski definition) is 8. The van der Waals surface area contributed by atoms with Crippen molar-refractivity contribution in [1.29, 1.82) is 0 Å². The lowest BCUT2D eigenvalue weighted by Gasteiger charge is -2.22. The van der Waals surface area contributed by atoms with Crippen LogP contribution in [0, 0.1) is 6.92 Å². The summed E-state index contributed by atoms with van der Waals surface area (Å²) < 4.78 is 16.4. The molecule has 2 amide bonds. The Bertz CT molecular complexity index is 1050. The first-order valence-corrected chi connectivity index (χ1v) is 10.8. The highest BCUT2D eigenvalue weighted by atomic mass is 32.2. The number of anilines is 1. The molecule has 0 atom stereocenters. The maximum Gasteiger partial charge on any atom is 0.277 e. The number of amides is 2. The van der Waals surface area contributed by atoms with Gasteiger partial charge in [-0.3, -0.25) is 9.59 Å². The van der Waals surface area contributed by atoms with E-state index in [0.717, 1.165) is 17.3 Å². The molecule has 168 valence electrons. The maximum atomic E-state index is 12.8. The summed E-state index contributed by atoms with van der Waals surface area (Å²) >= 11 is 1.11. The van der Waals surface area contributed by atoms with E-state index in [1.807, 2.05) is 31.2 Å². The molecule has 2 N–H and O–H groups in total. The summed E-state index contributed by atoms with van der Waals surface area (Å²) in [5.41, 5.74) is 6.98. The zero-order valence-corrected chi connectivity index (χ0v) is 18.6. The van der Waals surface area contributed by atoms with E-state index >= 15 is 0 Å². The molecule has 0 spiro atoms. The predicted octanol–water partition coefficient (Wildman–Crippen LogP) is 2.97. The number of hydrogen-bond donors (Lipinski definition) is 1. The number of aromatic nitrogens is 2. The van der Waals surface area contributed by atoms with Crippen molar-refractivity contribution in [2.45, 2.75) is 25.2 Å². The SMILES string of the molecule is COc1ccc(N(CCC(N)=O)C(=O)CSc2nnc(COc3cccc(C)c3)o2)cc1. The Hall–Kier alpha value is -3.53. The average molecular weight is 457 g/mol. The molecule has 0 saturated heterocycles. The second-order valence-corrected chi connectivity index (χ2v) is 7.74. The lowest BCUT2D eigenvalue weighted by molar-refractivity contribution is -0.118. The number of thioether (sulfide) groups is 1. The summed E-state index contributed by atoms with van der Waals surface area (Å²) in [6, 6.07) is 14.6. The fourth-order valence-electron chi connectivity index (χ4n) is 2.79. The molecule has 0 radical (unpaired) electrons. The van der Waals surface area contributed by atoms with Crippen molar-refractivity contribution < 1.29 is 23.5 Å². The van der Waals surface area contributed by atoms with Gasteiger partial charge in [0.2, 0.25) is 11.8 Å². The number of benzene rings is 2. The number of primary amides is 1. The minimum atomic E-state index is -0.487. The van der Waals surface area contributed by atoms with Crippen molar-refractivity contribution in [3.05, 3.63) is 60.0 Å². The molecular weight excluding hydrogens is 432 g/mol. The first-order chi connectivity index (χ1) is 15.4. The van der Waals surface area contributed by atoms with Crippen molar-refractivity contribution in [2.24, 2.45) is 5.73 Å². The van der Waals surface area contributed by atoms with Gasteiger partial charge in [-0.05, 0) is 48.9 Å². The van der Waals surface area contributed by atoms with Crippen LogP contribution in [0.1, 0.15) is 17.9 Å². The number of rotatable bonds is 11. The third kappa shape index (κ3) is 6.74. The van der Waals surface area contributed by atoms with Crippen LogP contribution in [0.3, 0.4) is 0 Å². The van der Waals surface area contributed by atoms with Gasteiger partial charge in [-0.1, -0.05) is 23.9 Å². The van der Waals surface area contributed by atoms with Gasteiger partial charge in [0.1, 0.15) is 11.5 Å². The monoisotopic (exact) mass is 456 g/mol. The highest BCUT2D eigenvalue weighted by Gasteiger charge is 2.19. The summed E-state index contributed by atoms with van der Waals surface area (Å²) in [6.45, 7) is 2.27. The van der Waals surface area contributed by atoms with E-state index < -0.39 is 5.91 Å². The number of nitrogens with two attached hydrogens (primary N) is 1. The molecule has 3 aromatic rings. The van der Waals surface area contributed by atoms with E-state index in [0.29, 0.717) is 23.1 Å². The van der Waals surface area contributed by atoms with E-state index in [-0.39, 0.29) is 36.5 Å². The van der Waals surface area contributed by atoms with E-state index in [4.69, 9.17) is 19.6 Å². The van der Waals surface area contributed by atoms with Gasteiger partial charge < -0.3 is 24.5 Å². The fourth-order valence-corrected chi connectivity index (χ4v) is 3.44. The number of methoxy groups -OCH3 is 1. The molecule has 0 aliphatic carbocycles. The molecule has 3 rings (SSSR count). The van der Waals surface area contributed by atoms with Gasteiger partial charge in [0, 0.05) is 18.7 Å². The van der Waals surface area contributed by atoms with E-state index in [9.17, 15) is 9.59 Å². The van der Waals surface area contributed by atoms with Crippen LogP contribution in [0.25, 0.3) is 0 Å². The number of nitrogens with zero attached hydrogens (tertiary/aromatic N) is 3. The third-order valence-corrected chi connectivity index (χ3v) is 5.19. The average Bonchev–Trinajstić information content (AvgIpc) is 3.24. The summed E-state index contributed by atoms with van der Waals surface area (Å²) in [4.78, 5) is 25.6. The van der Waals surface area contributed by atoms with E-state index in [1.165, 1.54) is 4.90 Å². The molecule has 1 heterocycles. The summed E-state index contributed by atoms with van der Waals surface area (Å²) in [7, 11) is 1.56. The number of aryl methyl sites for hydroxylation is 1. The molecule has 0 unspecified atom stereocenters. The van der Waals surface area contributed by atoms with Crippen LogP contribution in [0.4, 0.5) is 5.69 Å². The van der Waals surface area contributed by atoms with Crippen molar-refractivity contribution in [2.75, 3.05) is 24.3 Å². The zero-order valence-electron chi connectivity index (χ0n) is 17.8. The van der Waals surface area contributed by atoms with Crippen LogP contribution >= 0.6 is 11.8 Å². The van der Waals surface area contributed by atoms with Crippen LogP contribution in [0.2, 0.25) is 0 Å². The fraction of sp³-hybridized carbons (Fsp3) is 0.273. The molecule has 9 nitrogen and oxygen atoms in total. The quantitative estimate of drug-likeness (QED) is 0.437. The lowest BCUT2D eigenvalue weighted by atomic mass is 10.2. The van der Waals surface area contributed by atoms with Crippen molar-refractivity contribution in [3.63, 3.8) is 0 Å². The van der Waals surface area contributed by atoms with Gasteiger partial charge in [0.25, 0.3) is 11.1 Å². The molecule has 0 saturated carbocycles. The minimum Gasteiger partial charge on any atom is -0.497 e. The summed E-state index contributed by atoms with van der Waals surface area (Å²) in [5, 5.41) is 8.16. The molecule has 10 heteroatoms. The molecule has 32 heavy (non-hydrogen) atoms. The number of carbonyl (C=O) groups is 2. The third-order valence-electron chi connectivity index (χ3n) is 4.39. The number of carbonyl (C=O) groups excluding carboxylic acids is 2. The minimum absolute atomic E-state index is 0.0451. The second kappa shape index (κ2) is 11.2. The zero-order chi connectivity index (χ0) is 22.9. The van der Waals surface area contributed by atoms with E-state index in [2.05, 4.69) is 10.2 Å². The van der Waals surface area contributed by atoms with Crippen molar-refractivity contribution >= 4 is 29.3 Å². The molecule has 2 aromatic carbocycles. The first kappa shape index (κ1) is 23.1. The normalized spacial score (nSPS) is 10.6. The van der Waals surface area contributed by atoms with Crippen LogP contribution in [-0.2, 0) is 16.2 Å². The Morgan fingerprint density at radius 3 is 2.59 bits per heavy atom. The highest BCUT2D eigenvalue weighted by Crippen LogP contribution is 2.23. The van der Waals surface area contributed by atoms with Gasteiger partial charge in [-0.2, -0.15) is 0 Å². The van der Waals surface area contributed by atoms with E-state index in [1.54, 1.807) is 31.4 Å². The van der Waals surface area contributed by atoms with Gasteiger partial charge >= 0.3 is 0 Å². The van der Waals surface area contributed by atoms with Gasteiger partial charge in [0.05, 0.1) is 12.9 Å². The standard InChI is InChI=1S/C22H24N4O5S/c1-15-4-3-5-18(12-15)30-13-20-24-25-22(31-20)32-14-21(28)26(11-10-19(23)27)16-6-8-17(29-2)9-7-16/h3-9,12H,10-11,13-14H2,1-2H3,(H2,23,27). The van der Waals surface area contributed by atoms with Crippen LogP contribution < -0.4 is 20.1 Å². The smallest absolute Gasteiger partial charge is 0.277 e. The Morgan fingerprint density at radius 2 is 1.91 bits per heavy atom. The van der Waals surface area contributed by atoms with Crippen LogP contribution in [-0.4, -0.2) is 41.4 Å². The first-order valence-electron chi connectivity index (χ1n) is 9.82. The Labute approximate surface area is 189 Å². The van der Waals surface area contributed by atoms with Crippen LogP contribution in [0.5, 0.6) is 11.5 Å². The summed E-state index contributed by atoms with van der Waals surface area (Å²) in [5.74, 6) is 1.01. The molecule has 0 fully saturated rings. The molecule has 1 aromatic heterocycles. The van der Waals surface area contributed by atoms with Gasteiger partial charge in [-0.15, -0.1) is 10.2 Å². The highest BCUT2D eigenvalue weighted by molar-refractivity contribution is 7.99. The Kier molecular flexibility index (Phi) is 8.09. The number of ether oxygens (including phenoxy) is 2. The molecular formula is C22H24N4O5S. The molecule has 0 bridgehead atoms. The molecule has 0 aliphatic heterocycles. The van der Waals surface area contributed by atoms with Gasteiger partial charge in [0.15, 0.2) is 6.61 Å². The Balaban J connectivity index is 1.58. The summed E-state index contributed by atoms with van der Waals surface area (Å²) in [6.07, 6.45) is 0.0451. The topological polar surface area (TPSA) is 121 Å². The van der Waals surface area contributed by atoms with Crippen molar-refractivity contribution in [1.82, 2.24) is 10.2 Å². The lowest BCUT2D eigenvalue weighted by Crippen LogP contribution is -2.35. The second-order valence-electron chi connectivity index (χ2n) is 6.82. The van der Waals surface area contributed by atoms with Gasteiger partial charge in [-0.25, -0.2) is 0 Å². The van der Waals surface area contributed by atoms with Crippen LogP contribution in [0.15, 0.2) is 58.2 Å². The molecule has 0 aliphatic rings. The van der Waals surface area contributed by atoms with Crippen molar-refractivity contribution in [3.8, 4) is 11.5 Å². The Morgan fingerprint density at radius 1 is 1.12 bits per heavy atom. The maximum absolute atomic E-state index is 12.8. The largest absolute Gasteiger partial charge is 0.497 e. The predicted molar refractivity (Wildman–Crippen MR) is 120 cm³/mol.